The van der Waals surface area contributed by atoms with Crippen molar-refractivity contribution >= 4 is 17.5 Å². The van der Waals surface area contributed by atoms with E-state index in [1.165, 1.54) is 5.56 Å². The highest BCUT2D eigenvalue weighted by atomic mass is 16.5. The summed E-state index contributed by atoms with van der Waals surface area (Å²) in [5, 5.41) is 15.1. The normalized spacial score (nSPS) is 10.4. The van der Waals surface area contributed by atoms with E-state index < -0.39 is 0 Å². The number of rotatable bonds is 7. The Morgan fingerprint density at radius 2 is 1.58 bits per heavy atom. The van der Waals surface area contributed by atoms with Crippen molar-refractivity contribution < 1.29 is 9.84 Å². The lowest BCUT2D eigenvalue weighted by atomic mass is 10.2. The van der Waals surface area contributed by atoms with E-state index in [1.807, 2.05) is 68.4 Å². The molecule has 3 aromatic rings. The number of nitrogens with one attached hydrogen (secondary N) is 2. The third kappa shape index (κ3) is 4.94. The first kappa shape index (κ1) is 17.7. The fourth-order valence-corrected chi connectivity index (χ4v) is 2.38. The molecule has 6 heteroatoms. The zero-order valence-electron chi connectivity index (χ0n) is 14.9. The van der Waals surface area contributed by atoms with Gasteiger partial charge in [0.25, 0.3) is 0 Å². The fourth-order valence-electron chi connectivity index (χ4n) is 2.38. The standard InChI is InChI=1S/C20H22N4O2/c1-14-3-7-17(8-4-14)26-18-9-5-16(6-10-18)23-20-22-15(2)13-19(24-20)21-11-12-25/h3-10,13,25H,11-12H2,1-2H3,(H2,21,22,23,24). The third-order valence-corrected chi connectivity index (χ3v) is 3.64. The fraction of sp³-hybridized carbons (Fsp3) is 0.200. The molecule has 0 unspecified atom stereocenters. The molecule has 0 spiro atoms. The van der Waals surface area contributed by atoms with Gasteiger partial charge >= 0.3 is 0 Å². The second-order valence-electron chi connectivity index (χ2n) is 5.93. The van der Waals surface area contributed by atoms with E-state index in [4.69, 9.17) is 9.84 Å². The largest absolute Gasteiger partial charge is 0.457 e. The molecule has 0 fully saturated rings. The van der Waals surface area contributed by atoms with Gasteiger partial charge in [-0.15, -0.1) is 0 Å². The van der Waals surface area contributed by atoms with Crippen molar-refractivity contribution in [1.82, 2.24) is 9.97 Å². The molecule has 0 aliphatic rings. The zero-order chi connectivity index (χ0) is 18.4. The number of benzene rings is 2. The molecular formula is C20H22N4O2. The van der Waals surface area contributed by atoms with Gasteiger partial charge in [0.05, 0.1) is 6.61 Å². The van der Waals surface area contributed by atoms with Gasteiger partial charge in [0.2, 0.25) is 5.95 Å². The SMILES string of the molecule is Cc1ccc(Oc2ccc(Nc3nc(C)cc(NCCO)n3)cc2)cc1. The van der Waals surface area contributed by atoms with Crippen LogP contribution in [0.3, 0.4) is 0 Å². The first-order chi connectivity index (χ1) is 12.6. The minimum Gasteiger partial charge on any atom is -0.457 e. The van der Waals surface area contributed by atoms with E-state index in [2.05, 4.69) is 20.6 Å². The molecule has 0 aliphatic heterocycles. The van der Waals surface area contributed by atoms with Gasteiger partial charge in [-0.2, -0.15) is 4.98 Å². The van der Waals surface area contributed by atoms with Crippen molar-refractivity contribution in [2.24, 2.45) is 0 Å². The number of aromatic nitrogens is 2. The second-order valence-corrected chi connectivity index (χ2v) is 5.93. The van der Waals surface area contributed by atoms with Crippen LogP contribution >= 0.6 is 0 Å². The number of aliphatic hydroxyl groups excluding tert-OH is 1. The van der Waals surface area contributed by atoms with Gasteiger partial charge in [-0.25, -0.2) is 4.98 Å². The van der Waals surface area contributed by atoms with E-state index in [9.17, 15) is 0 Å². The molecule has 3 N–H and O–H groups in total. The van der Waals surface area contributed by atoms with Crippen molar-refractivity contribution in [2.75, 3.05) is 23.8 Å². The Balaban J connectivity index is 1.67. The van der Waals surface area contributed by atoms with E-state index >= 15 is 0 Å². The number of nitrogens with zero attached hydrogens (tertiary/aromatic N) is 2. The van der Waals surface area contributed by atoms with Gasteiger partial charge in [0, 0.05) is 24.0 Å². The maximum Gasteiger partial charge on any atom is 0.229 e. The van der Waals surface area contributed by atoms with Crippen LogP contribution in [0.1, 0.15) is 11.3 Å². The van der Waals surface area contributed by atoms with E-state index in [0.717, 1.165) is 22.9 Å². The predicted molar refractivity (Wildman–Crippen MR) is 103 cm³/mol. The van der Waals surface area contributed by atoms with Crippen LogP contribution in [-0.2, 0) is 0 Å². The molecule has 1 heterocycles. The van der Waals surface area contributed by atoms with Crippen molar-refractivity contribution in [3.8, 4) is 11.5 Å². The van der Waals surface area contributed by atoms with Crippen LogP contribution in [0.5, 0.6) is 11.5 Å². The van der Waals surface area contributed by atoms with Crippen LogP contribution < -0.4 is 15.4 Å². The molecule has 26 heavy (non-hydrogen) atoms. The van der Waals surface area contributed by atoms with E-state index in [1.54, 1.807) is 0 Å². The average Bonchev–Trinajstić information content (AvgIpc) is 2.63. The lowest BCUT2D eigenvalue weighted by Gasteiger charge is -2.10. The summed E-state index contributed by atoms with van der Waals surface area (Å²) in [4.78, 5) is 8.77. The summed E-state index contributed by atoms with van der Waals surface area (Å²) < 4.78 is 5.83. The first-order valence-corrected chi connectivity index (χ1v) is 8.44. The van der Waals surface area contributed by atoms with Crippen LogP contribution in [0.25, 0.3) is 0 Å². The minimum atomic E-state index is 0.0499. The monoisotopic (exact) mass is 350 g/mol. The molecule has 0 radical (unpaired) electrons. The predicted octanol–water partition coefficient (Wildman–Crippen LogP) is 4.03. The number of aliphatic hydroxyl groups is 1. The number of anilines is 3. The van der Waals surface area contributed by atoms with Gasteiger partial charge in [0.15, 0.2) is 0 Å². The van der Waals surface area contributed by atoms with Gasteiger partial charge in [0.1, 0.15) is 17.3 Å². The maximum absolute atomic E-state index is 8.91. The summed E-state index contributed by atoms with van der Waals surface area (Å²) in [6, 6.07) is 17.4. The van der Waals surface area contributed by atoms with Crippen LogP contribution in [0.2, 0.25) is 0 Å². The van der Waals surface area contributed by atoms with E-state index in [-0.39, 0.29) is 6.61 Å². The number of hydrogen-bond acceptors (Lipinski definition) is 6. The molecule has 2 aromatic carbocycles. The lowest BCUT2D eigenvalue weighted by Crippen LogP contribution is -2.09. The number of hydrogen-bond donors (Lipinski definition) is 3. The molecule has 0 aliphatic carbocycles. The summed E-state index contributed by atoms with van der Waals surface area (Å²) in [6.45, 7) is 4.44. The Kier molecular flexibility index (Phi) is 5.66. The Bertz CT molecular complexity index is 849. The average molecular weight is 350 g/mol. The molecular weight excluding hydrogens is 328 g/mol. The van der Waals surface area contributed by atoms with E-state index in [0.29, 0.717) is 18.3 Å². The Morgan fingerprint density at radius 3 is 2.23 bits per heavy atom. The second kappa shape index (κ2) is 8.31. The van der Waals surface area contributed by atoms with Gasteiger partial charge in [-0.05, 0) is 50.2 Å². The first-order valence-electron chi connectivity index (χ1n) is 8.44. The summed E-state index contributed by atoms with van der Waals surface area (Å²) in [6.07, 6.45) is 0. The molecule has 134 valence electrons. The molecule has 0 bridgehead atoms. The van der Waals surface area contributed by atoms with Crippen molar-refractivity contribution in [3.05, 3.63) is 65.9 Å². The van der Waals surface area contributed by atoms with Crippen LogP contribution in [0.4, 0.5) is 17.5 Å². The van der Waals surface area contributed by atoms with Crippen LogP contribution in [-0.4, -0.2) is 28.2 Å². The molecule has 0 amide bonds. The quantitative estimate of drug-likeness (QED) is 0.597. The summed E-state index contributed by atoms with van der Waals surface area (Å²) in [7, 11) is 0. The third-order valence-electron chi connectivity index (χ3n) is 3.64. The molecule has 6 nitrogen and oxygen atoms in total. The lowest BCUT2D eigenvalue weighted by molar-refractivity contribution is 0.311. The smallest absolute Gasteiger partial charge is 0.229 e. The molecule has 3 rings (SSSR count). The summed E-state index contributed by atoms with van der Waals surface area (Å²) in [5.41, 5.74) is 2.89. The van der Waals surface area contributed by atoms with Crippen LogP contribution in [0.15, 0.2) is 54.6 Å². The topological polar surface area (TPSA) is 79.3 Å². The van der Waals surface area contributed by atoms with Gasteiger partial charge in [-0.3, -0.25) is 0 Å². The number of ether oxygens (including phenoxy) is 1. The highest BCUT2D eigenvalue weighted by Crippen LogP contribution is 2.24. The number of aryl methyl sites for hydroxylation is 2. The molecule has 1 aromatic heterocycles. The molecule has 0 saturated carbocycles. The highest BCUT2D eigenvalue weighted by Gasteiger charge is 2.04. The zero-order valence-corrected chi connectivity index (χ0v) is 14.9. The maximum atomic E-state index is 8.91. The molecule has 0 saturated heterocycles. The highest BCUT2D eigenvalue weighted by molar-refractivity contribution is 5.56. The Labute approximate surface area is 152 Å². The molecule has 0 atom stereocenters. The Hall–Kier alpha value is -3.12. The van der Waals surface area contributed by atoms with Crippen molar-refractivity contribution in [2.45, 2.75) is 13.8 Å². The van der Waals surface area contributed by atoms with Crippen molar-refractivity contribution in [1.29, 1.82) is 0 Å². The Morgan fingerprint density at radius 1 is 0.923 bits per heavy atom. The van der Waals surface area contributed by atoms with Crippen LogP contribution in [0, 0.1) is 13.8 Å². The summed E-state index contributed by atoms with van der Waals surface area (Å²) in [5.74, 6) is 2.74. The van der Waals surface area contributed by atoms with Gasteiger partial charge < -0.3 is 20.5 Å². The van der Waals surface area contributed by atoms with Gasteiger partial charge in [-0.1, -0.05) is 17.7 Å². The summed E-state index contributed by atoms with van der Waals surface area (Å²) >= 11 is 0. The minimum absolute atomic E-state index is 0.0499. The van der Waals surface area contributed by atoms with Crippen molar-refractivity contribution in [3.63, 3.8) is 0 Å².